The summed E-state index contributed by atoms with van der Waals surface area (Å²) in [4.78, 5) is 18.0. The number of hydrogen-bond donors (Lipinski definition) is 1. The van der Waals surface area contributed by atoms with E-state index < -0.39 is 0 Å². The van der Waals surface area contributed by atoms with Gasteiger partial charge in [0.15, 0.2) is 0 Å². The first-order valence-corrected chi connectivity index (χ1v) is 8.47. The summed E-state index contributed by atoms with van der Waals surface area (Å²) in [6.07, 6.45) is 5.08. The van der Waals surface area contributed by atoms with Gasteiger partial charge in [-0.3, -0.25) is 4.98 Å². The first kappa shape index (κ1) is 17.1. The third kappa shape index (κ3) is 4.86. The minimum absolute atomic E-state index is 0.0330. The van der Waals surface area contributed by atoms with Crippen molar-refractivity contribution in [3.05, 3.63) is 54.4 Å². The van der Waals surface area contributed by atoms with E-state index in [0.717, 1.165) is 24.3 Å². The van der Waals surface area contributed by atoms with Crippen molar-refractivity contribution < 1.29 is 14.3 Å². The number of carbonyl (C=O) groups is 1. The van der Waals surface area contributed by atoms with Gasteiger partial charge in [-0.2, -0.15) is 0 Å². The third-order valence-electron chi connectivity index (χ3n) is 4.23. The summed E-state index contributed by atoms with van der Waals surface area (Å²) in [6, 6.07) is 11.5. The molecule has 2 amide bonds. The van der Waals surface area contributed by atoms with E-state index in [4.69, 9.17) is 9.47 Å². The molecule has 0 spiro atoms. The molecule has 1 aromatic heterocycles. The standard InChI is InChI=1S/C19H23N3O3/c1-24-16-4-2-15(3-5-16)6-12-21-19(23)22-13-9-18(14-22)25-17-7-10-20-11-8-17/h2-5,7-8,10-11,18H,6,9,12-14H2,1H3,(H,21,23)/t18-/m0/s1. The number of carbonyl (C=O) groups excluding carboxylic acids is 1. The zero-order valence-electron chi connectivity index (χ0n) is 14.4. The molecule has 1 aliphatic rings. The fourth-order valence-electron chi connectivity index (χ4n) is 2.84. The van der Waals surface area contributed by atoms with Gasteiger partial charge in [-0.1, -0.05) is 12.1 Å². The van der Waals surface area contributed by atoms with Crippen LogP contribution in [0.3, 0.4) is 0 Å². The van der Waals surface area contributed by atoms with Crippen molar-refractivity contribution in [3.63, 3.8) is 0 Å². The monoisotopic (exact) mass is 341 g/mol. The molecule has 25 heavy (non-hydrogen) atoms. The van der Waals surface area contributed by atoms with Gasteiger partial charge in [0.1, 0.15) is 17.6 Å². The third-order valence-corrected chi connectivity index (χ3v) is 4.23. The van der Waals surface area contributed by atoms with E-state index in [1.807, 2.05) is 36.4 Å². The van der Waals surface area contributed by atoms with Crippen LogP contribution in [-0.4, -0.2) is 48.8 Å². The van der Waals surface area contributed by atoms with Gasteiger partial charge in [-0.15, -0.1) is 0 Å². The summed E-state index contributed by atoms with van der Waals surface area (Å²) in [5.74, 6) is 1.63. The van der Waals surface area contributed by atoms with Crippen LogP contribution in [-0.2, 0) is 6.42 Å². The number of methoxy groups -OCH3 is 1. The predicted octanol–water partition coefficient (Wildman–Crippen LogP) is 2.50. The SMILES string of the molecule is COc1ccc(CCNC(=O)N2CC[C@H](Oc3ccncc3)C2)cc1. The number of rotatable bonds is 6. The number of likely N-dealkylation sites (tertiary alicyclic amines) is 1. The topological polar surface area (TPSA) is 63.7 Å². The molecule has 0 unspecified atom stereocenters. The summed E-state index contributed by atoms with van der Waals surface area (Å²) < 4.78 is 11.0. The average molecular weight is 341 g/mol. The second kappa shape index (κ2) is 8.37. The van der Waals surface area contributed by atoms with Crippen LogP contribution in [0.5, 0.6) is 11.5 Å². The molecule has 0 radical (unpaired) electrons. The van der Waals surface area contributed by atoms with Gasteiger partial charge < -0.3 is 19.7 Å². The molecule has 0 saturated carbocycles. The number of nitrogens with one attached hydrogen (secondary N) is 1. The lowest BCUT2D eigenvalue weighted by Gasteiger charge is -2.18. The number of aromatic nitrogens is 1. The Morgan fingerprint density at radius 1 is 1.20 bits per heavy atom. The van der Waals surface area contributed by atoms with E-state index in [0.29, 0.717) is 19.6 Å². The quantitative estimate of drug-likeness (QED) is 0.877. The maximum absolute atomic E-state index is 12.3. The second-order valence-electron chi connectivity index (χ2n) is 5.99. The van der Waals surface area contributed by atoms with Crippen LogP contribution in [0.25, 0.3) is 0 Å². The molecule has 6 heteroatoms. The summed E-state index contributed by atoms with van der Waals surface area (Å²) in [5, 5.41) is 2.98. The normalized spacial score (nSPS) is 16.5. The molecule has 6 nitrogen and oxygen atoms in total. The summed E-state index contributed by atoms with van der Waals surface area (Å²) in [7, 11) is 1.65. The van der Waals surface area contributed by atoms with Crippen molar-refractivity contribution >= 4 is 6.03 Å². The first-order chi connectivity index (χ1) is 12.2. The van der Waals surface area contributed by atoms with E-state index in [-0.39, 0.29) is 12.1 Å². The lowest BCUT2D eigenvalue weighted by atomic mass is 10.1. The molecular formula is C19H23N3O3. The van der Waals surface area contributed by atoms with Crippen LogP contribution in [0, 0.1) is 0 Å². The van der Waals surface area contributed by atoms with E-state index in [9.17, 15) is 4.79 Å². The number of benzene rings is 1. The van der Waals surface area contributed by atoms with Crippen molar-refractivity contribution in [2.45, 2.75) is 18.9 Å². The van der Waals surface area contributed by atoms with Gasteiger partial charge in [-0.25, -0.2) is 4.79 Å². The van der Waals surface area contributed by atoms with Crippen molar-refractivity contribution in [1.82, 2.24) is 15.2 Å². The Morgan fingerprint density at radius 3 is 2.68 bits per heavy atom. The van der Waals surface area contributed by atoms with E-state index in [2.05, 4.69) is 10.3 Å². The lowest BCUT2D eigenvalue weighted by molar-refractivity contribution is 0.187. The molecule has 1 atom stereocenters. The summed E-state index contributed by atoms with van der Waals surface area (Å²) in [6.45, 7) is 1.93. The first-order valence-electron chi connectivity index (χ1n) is 8.47. The van der Waals surface area contributed by atoms with Gasteiger partial charge in [-0.05, 0) is 36.2 Å². The van der Waals surface area contributed by atoms with E-state index in [1.54, 1.807) is 24.4 Å². The molecule has 1 fully saturated rings. The van der Waals surface area contributed by atoms with Gasteiger partial charge in [0.2, 0.25) is 0 Å². The Labute approximate surface area is 147 Å². The molecule has 1 N–H and O–H groups in total. The smallest absolute Gasteiger partial charge is 0.317 e. The Balaban J connectivity index is 1.40. The van der Waals surface area contributed by atoms with Crippen LogP contribution in [0.1, 0.15) is 12.0 Å². The number of ether oxygens (including phenoxy) is 2. The maximum atomic E-state index is 12.3. The molecule has 1 aliphatic heterocycles. The van der Waals surface area contributed by atoms with Crippen molar-refractivity contribution in [1.29, 1.82) is 0 Å². The van der Waals surface area contributed by atoms with Gasteiger partial charge in [0, 0.05) is 31.9 Å². The number of urea groups is 1. The highest BCUT2D eigenvalue weighted by Crippen LogP contribution is 2.17. The highest BCUT2D eigenvalue weighted by Gasteiger charge is 2.27. The second-order valence-corrected chi connectivity index (χ2v) is 5.99. The number of nitrogens with zero attached hydrogens (tertiary/aromatic N) is 2. The molecule has 2 heterocycles. The van der Waals surface area contributed by atoms with Gasteiger partial charge >= 0.3 is 6.03 Å². The Hall–Kier alpha value is -2.76. The fraction of sp³-hybridized carbons (Fsp3) is 0.368. The molecule has 3 rings (SSSR count). The zero-order valence-corrected chi connectivity index (χ0v) is 14.4. The molecule has 1 aromatic carbocycles. The minimum atomic E-state index is -0.0330. The number of amides is 2. The zero-order chi connectivity index (χ0) is 17.5. The largest absolute Gasteiger partial charge is 0.497 e. The van der Waals surface area contributed by atoms with Crippen LogP contribution >= 0.6 is 0 Å². The average Bonchev–Trinajstić information content (AvgIpc) is 3.12. The van der Waals surface area contributed by atoms with Crippen LogP contribution in [0.2, 0.25) is 0 Å². The van der Waals surface area contributed by atoms with Crippen molar-refractivity contribution in [2.75, 3.05) is 26.7 Å². The molecule has 2 aromatic rings. The maximum Gasteiger partial charge on any atom is 0.317 e. The van der Waals surface area contributed by atoms with E-state index in [1.165, 1.54) is 5.56 Å². The Bertz CT molecular complexity index is 676. The van der Waals surface area contributed by atoms with Crippen LogP contribution in [0.4, 0.5) is 4.79 Å². The lowest BCUT2D eigenvalue weighted by Crippen LogP contribution is -2.40. The Kier molecular flexibility index (Phi) is 5.72. The molecular weight excluding hydrogens is 318 g/mol. The molecule has 0 aliphatic carbocycles. The molecule has 0 bridgehead atoms. The van der Waals surface area contributed by atoms with E-state index >= 15 is 0 Å². The molecule has 132 valence electrons. The summed E-state index contributed by atoms with van der Waals surface area (Å²) >= 11 is 0. The highest BCUT2D eigenvalue weighted by atomic mass is 16.5. The van der Waals surface area contributed by atoms with Gasteiger partial charge in [0.05, 0.1) is 13.7 Å². The Morgan fingerprint density at radius 2 is 1.96 bits per heavy atom. The minimum Gasteiger partial charge on any atom is -0.497 e. The molecule has 1 saturated heterocycles. The van der Waals surface area contributed by atoms with Crippen LogP contribution < -0.4 is 14.8 Å². The predicted molar refractivity (Wildman–Crippen MR) is 94.9 cm³/mol. The summed E-state index contributed by atoms with van der Waals surface area (Å²) in [5.41, 5.74) is 1.17. The fourth-order valence-corrected chi connectivity index (χ4v) is 2.84. The highest BCUT2D eigenvalue weighted by molar-refractivity contribution is 5.74. The van der Waals surface area contributed by atoms with Crippen molar-refractivity contribution in [3.8, 4) is 11.5 Å². The number of pyridine rings is 1. The van der Waals surface area contributed by atoms with Crippen molar-refractivity contribution in [2.24, 2.45) is 0 Å². The van der Waals surface area contributed by atoms with Gasteiger partial charge in [0.25, 0.3) is 0 Å². The van der Waals surface area contributed by atoms with Crippen LogP contribution in [0.15, 0.2) is 48.8 Å². The number of hydrogen-bond acceptors (Lipinski definition) is 4.